The van der Waals surface area contributed by atoms with Crippen LogP contribution in [0.1, 0.15) is 11.6 Å². The first-order valence-corrected chi connectivity index (χ1v) is 10.5. The molecule has 10 heteroatoms. The third kappa shape index (κ3) is 2.95. The van der Waals surface area contributed by atoms with E-state index >= 15 is 0 Å². The van der Waals surface area contributed by atoms with Gasteiger partial charge in [-0.25, -0.2) is 18.6 Å². The van der Waals surface area contributed by atoms with E-state index in [1.165, 1.54) is 0 Å². The molecule has 3 aliphatic rings. The molecule has 2 aromatic carbocycles. The van der Waals surface area contributed by atoms with Crippen LogP contribution in [-0.4, -0.2) is 36.3 Å². The van der Waals surface area contributed by atoms with E-state index < -0.39 is 10.0 Å². The van der Waals surface area contributed by atoms with Crippen LogP contribution in [0.5, 0.6) is 11.5 Å². The summed E-state index contributed by atoms with van der Waals surface area (Å²) < 4.78 is 33.4. The number of primary sulfonamides is 1. The van der Waals surface area contributed by atoms with Gasteiger partial charge in [0, 0.05) is 0 Å². The molecule has 3 heterocycles. The van der Waals surface area contributed by atoms with E-state index in [4.69, 9.17) is 14.6 Å². The molecule has 3 aliphatic heterocycles. The Morgan fingerprint density at radius 1 is 1.07 bits per heavy atom. The third-order valence-corrected chi connectivity index (χ3v) is 6.73. The summed E-state index contributed by atoms with van der Waals surface area (Å²) in [7, 11) is -3.80. The van der Waals surface area contributed by atoms with Crippen molar-refractivity contribution in [2.24, 2.45) is 15.2 Å². The number of nitrogens with zero attached hydrogens (tertiary/aromatic N) is 3. The maximum atomic E-state index is 11.4. The van der Waals surface area contributed by atoms with Gasteiger partial charge in [-0.1, -0.05) is 30.3 Å². The molecule has 1 unspecified atom stereocenters. The Hall–Kier alpha value is -2.56. The number of thioether (sulfide) groups is 1. The van der Waals surface area contributed by atoms with Crippen molar-refractivity contribution in [1.29, 1.82) is 0 Å². The molecule has 0 spiro atoms. The van der Waals surface area contributed by atoms with Crippen molar-refractivity contribution in [2.45, 2.75) is 6.04 Å². The van der Waals surface area contributed by atoms with Crippen LogP contribution >= 0.6 is 11.8 Å². The van der Waals surface area contributed by atoms with Crippen LogP contribution < -0.4 is 14.6 Å². The summed E-state index contributed by atoms with van der Waals surface area (Å²) in [5, 5.41) is 11.3. The number of rotatable bonds is 2. The quantitative estimate of drug-likeness (QED) is 0.824. The Balaban J connectivity index is 1.35. The Morgan fingerprint density at radius 2 is 1.81 bits per heavy atom. The molecule has 27 heavy (non-hydrogen) atoms. The monoisotopic (exact) mass is 402 g/mol. The fraction of sp³-hybridized carbons (Fsp3) is 0.176. The molecule has 2 aromatic rings. The van der Waals surface area contributed by atoms with Gasteiger partial charge in [0.1, 0.15) is 0 Å². The van der Waals surface area contributed by atoms with Gasteiger partial charge in [-0.05, 0) is 40.6 Å². The van der Waals surface area contributed by atoms with Crippen LogP contribution in [0.15, 0.2) is 52.6 Å². The van der Waals surface area contributed by atoms with Crippen molar-refractivity contribution in [3.8, 4) is 22.6 Å². The van der Waals surface area contributed by atoms with Crippen molar-refractivity contribution in [1.82, 2.24) is 5.01 Å². The molecule has 0 aliphatic carbocycles. The highest BCUT2D eigenvalue weighted by Gasteiger charge is 2.36. The second-order valence-corrected chi connectivity index (χ2v) is 8.90. The van der Waals surface area contributed by atoms with Gasteiger partial charge in [0.15, 0.2) is 16.7 Å². The number of aliphatic imine (C=N–C) groups is 1. The lowest BCUT2D eigenvalue weighted by Crippen LogP contribution is -2.20. The minimum absolute atomic E-state index is 0.0934. The number of benzene rings is 2. The van der Waals surface area contributed by atoms with E-state index in [0.29, 0.717) is 11.7 Å². The highest BCUT2D eigenvalue weighted by atomic mass is 32.3. The van der Waals surface area contributed by atoms with Gasteiger partial charge in [0.2, 0.25) is 11.2 Å². The highest BCUT2D eigenvalue weighted by molar-refractivity contribution is 8.42. The van der Waals surface area contributed by atoms with Gasteiger partial charge >= 0.3 is 0 Å². The van der Waals surface area contributed by atoms with Crippen LogP contribution in [0.25, 0.3) is 11.1 Å². The summed E-state index contributed by atoms with van der Waals surface area (Å²) in [6.07, 6.45) is 0. The Morgan fingerprint density at radius 3 is 2.56 bits per heavy atom. The Bertz CT molecular complexity index is 1100. The van der Waals surface area contributed by atoms with Crippen LogP contribution in [-0.2, 0) is 10.0 Å². The van der Waals surface area contributed by atoms with Crippen LogP contribution in [0.3, 0.4) is 0 Å². The highest BCUT2D eigenvalue weighted by Crippen LogP contribution is 2.37. The number of fused-ring (bicyclic) bond motifs is 2. The smallest absolute Gasteiger partial charge is 0.264 e. The van der Waals surface area contributed by atoms with Gasteiger partial charge in [0.25, 0.3) is 10.0 Å². The standard InChI is InChI=1S/C17H14N4O4S2/c18-27(22,23)17-20-21-8-13(19-16(21)26-17)11-3-1-10(2-4-11)12-5-6-14-15(7-12)25-9-24-14/h1-7,13H,8-9H2,(H2,18,22,23). The maximum Gasteiger partial charge on any atom is 0.264 e. The molecule has 0 amide bonds. The second-order valence-electron chi connectivity index (χ2n) is 6.21. The van der Waals surface area contributed by atoms with Crippen LogP contribution in [0, 0.1) is 0 Å². The number of nitrogens with two attached hydrogens (primary N) is 1. The van der Waals surface area contributed by atoms with E-state index in [1.54, 1.807) is 5.01 Å². The molecule has 2 N–H and O–H groups in total. The molecule has 0 aromatic heterocycles. The average molecular weight is 402 g/mol. The molecule has 0 bridgehead atoms. The van der Waals surface area contributed by atoms with Crippen molar-refractivity contribution in [2.75, 3.05) is 13.3 Å². The number of ether oxygens (including phenoxy) is 2. The van der Waals surface area contributed by atoms with E-state index in [1.807, 2.05) is 42.5 Å². The number of hydrazone groups is 1. The fourth-order valence-corrected chi connectivity index (χ4v) is 4.71. The maximum absolute atomic E-state index is 11.4. The summed E-state index contributed by atoms with van der Waals surface area (Å²) in [5.74, 6) is 1.51. The molecular weight excluding hydrogens is 388 g/mol. The number of hydrogen-bond donors (Lipinski definition) is 1. The summed E-state index contributed by atoms with van der Waals surface area (Å²) >= 11 is 0.985. The lowest BCUT2D eigenvalue weighted by Gasteiger charge is -2.11. The SMILES string of the molecule is NS(=O)(=O)C1=NN2CC(c3ccc(-c4ccc5c(c4)OCO5)cc3)N=C2S1. The van der Waals surface area contributed by atoms with E-state index in [2.05, 4.69) is 10.1 Å². The first-order valence-electron chi connectivity index (χ1n) is 8.12. The summed E-state index contributed by atoms with van der Waals surface area (Å²) in [4.78, 5) is 4.57. The molecule has 0 radical (unpaired) electrons. The van der Waals surface area contributed by atoms with Crippen molar-refractivity contribution in [3.05, 3.63) is 48.0 Å². The number of sulfonamides is 1. The molecule has 1 atom stereocenters. The number of amidine groups is 1. The minimum atomic E-state index is -3.80. The molecule has 0 saturated carbocycles. The van der Waals surface area contributed by atoms with Crippen LogP contribution in [0.2, 0.25) is 0 Å². The topological polar surface area (TPSA) is 107 Å². The average Bonchev–Trinajstić information content (AvgIpc) is 3.34. The van der Waals surface area contributed by atoms with Gasteiger partial charge in [-0.15, -0.1) is 5.10 Å². The van der Waals surface area contributed by atoms with Gasteiger partial charge < -0.3 is 9.47 Å². The second kappa shape index (κ2) is 5.98. The molecular formula is C17H14N4O4S2. The first-order chi connectivity index (χ1) is 13.0. The van der Waals surface area contributed by atoms with Gasteiger partial charge in [-0.3, -0.25) is 4.99 Å². The molecule has 138 valence electrons. The van der Waals surface area contributed by atoms with Gasteiger partial charge in [-0.2, -0.15) is 0 Å². The molecule has 0 saturated heterocycles. The van der Waals surface area contributed by atoms with E-state index in [-0.39, 0.29) is 17.2 Å². The lowest BCUT2D eigenvalue weighted by atomic mass is 10.0. The van der Waals surface area contributed by atoms with Crippen molar-refractivity contribution >= 4 is 31.3 Å². The van der Waals surface area contributed by atoms with Crippen molar-refractivity contribution < 1.29 is 17.9 Å². The van der Waals surface area contributed by atoms with Crippen molar-refractivity contribution in [3.63, 3.8) is 0 Å². The zero-order valence-electron chi connectivity index (χ0n) is 13.9. The zero-order valence-corrected chi connectivity index (χ0v) is 15.5. The Kier molecular flexibility index (Phi) is 3.67. The summed E-state index contributed by atoms with van der Waals surface area (Å²) in [6.45, 7) is 0.745. The molecule has 8 nitrogen and oxygen atoms in total. The zero-order chi connectivity index (χ0) is 18.6. The summed E-state index contributed by atoms with van der Waals surface area (Å²) in [5.41, 5.74) is 3.14. The normalized spacial score (nSPS) is 20.5. The predicted octanol–water partition coefficient (Wildman–Crippen LogP) is 2.10. The third-order valence-electron chi connectivity index (χ3n) is 4.46. The predicted molar refractivity (Wildman–Crippen MR) is 103 cm³/mol. The molecule has 0 fully saturated rings. The fourth-order valence-electron chi connectivity index (χ4n) is 3.11. The lowest BCUT2D eigenvalue weighted by molar-refractivity contribution is 0.174. The molecule has 5 rings (SSSR count). The Labute approximate surface area is 159 Å². The summed E-state index contributed by atoms with van der Waals surface area (Å²) in [6, 6.07) is 13.9. The van der Waals surface area contributed by atoms with Crippen LogP contribution in [0.4, 0.5) is 0 Å². The minimum Gasteiger partial charge on any atom is -0.454 e. The van der Waals surface area contributed by atoms with E-state index in [9.17, 15) is 8.42 Å². The van der Waals surface area contributed by atoms with Gasteiger partial charge in [0.05, 0.1) is 12.6 Å². The largest absolute Gasteiger partial charge is 0.454 e. The first kappa shape index (κ1) is 16.6. The number of hydrogen-bond acceptors (Lipinski definition) is 8. The van der Waals surface area contributed by atoms with E-state index in [0.717, 1.165) is 40.0 Å².